The Kier molecular flexibility index (Phi) is 7.87. The molecule has 1 aromatic carbocycles. The van der Waals surface area contributed by atoms with Gasteiger partial charge in [0.15, 0.2) is 11.5 Å². The van der Waals surface area contributed by atoms with Crippen molar-refractivity contribution < 1.29 is 27.8 Å². The minimum absolute atomic E-state index is 0.0311. The summed E-state index contributed by atoms with van der Waals surface area (Å²) in [6, 6.07) is 4.40. The lowest BCUT2D eigenvalue weighted by atomic mass is 9.88. The van der Waals surface area contributed by atoms with Gasteiger partial charge in [-0.25, -0.2) is 0 Å². The van der Waals surface area contributed by atoms with Crippen LogP contribution < -0.4 is 14.8 Å². The molecule has 0 aromatic heterocycles. The van der Waals surface area contributed by atoms with Crippen molar-refractivity contribution in [2.24, 2.45) is 5.92 Å². The van der Waals surface area contributed by atoms with Crippen LogP contribution in [0.2, 0.25) is 0 Å². The van der Waals surface area contributed by atoms with Crippen LogP contribution in [0, 0.1) is 5.92 Å². The summed E-state index contributed by atoms with van der Waals surface area (Å²) >= 11 is 0. The number of carbonyl (C=O) groups excluding carboxylic acids is 2. The lowest BCUT2D eigenvalue weighted by molar-refractivity contribution is -0.142. The molecule has 1 N–H and O–H groups in total. The molecule has 2 aliphatic rings. The minimum Gasteiger partial charge on any atom is -0.493 e. The highest BCUT2D eigenvalue weighted by Crippen LogP contribution is 2.30. The molecule has 6 nitrogen and oxygen atoms in total. The second-order valence-corrected chi connectivity index (χ2v) is 7.93. The van der Waals surface area contributed by atoms with Gasteiger partial charge in [0.25, 0.3) is 0 Å². The number of alkyl halides is 2. The first-order valence-electron chi connectivity index (χ1n) is 10.7. The van der Waals surface area contributed by atoms with Crippen LogP contribution in [-0.4, -0.2) is 49.6 Å². The first kappa shape index (κ1) is 22.3. The summed E-state index contributed by atoms with van der Waals surface area (Å²) in [4.78, 5) is 27.3. The fourth-order valence-electron chi connectivity index (χ4n) is 4.40. The van der Waals surface area contributed by atoms with E-state index in [1.807, 2.05) is 0 Å². The monoisotopic (exact) mass is 424 g/mol. The Morgan fingerprint density at radius 1 is 1.13 bits per heavy atom. The van der Waals surface area contributed by atoms with Gasteiger partial charge in [-0.15, -0.1) is 0 Å². The Bertz CT molecular complexity index is 738. The Balaban J connectivity index is 1.53. The van der Waals surface area contributed by atoms with Gasteiger partial charge in [0.2, 0.25) is 11.8 Å². The molecule has 2 amide bonds. The summed E-state index contributed by atoms with van der Waals surface area (Å²) in [7, 11) is 1.38. The van der Waals surface area contributed by atoms with Gasteiger partial charge >= 0.3 is 6.61 Å². The van der Waals surface area contributed by atoms with E-state index in [9.17, 15) is 18.4 Å². The third-order valence-corrected chi connectivity index (χ3v) is 5.95. The van der Waals surface area contributed by atoms with E-state index in [1.165, 1.54) is 19.6 Å². The predicted molar refractivity (Wildman–Crippen MR) is 108 cm³/mol. The molecule has 1 unspecified atom stereocenters. The van der Waals surface area contributed by atoms with Crippen LogP contribution >= 0.6 is 0 Å². The van der Waals surface area contributed by atoms with E-state index in [-0.39, 0.29) is 29.2 Å². The van der Waals surface area contributed by atoms with Crippen LogP contribution in [0.15, 0.2) is 18.2 Å². The smallest absolute Gasteiger partial charge is 0.387 e. The van der Waals surface area contributed by atoms with Gasteiger partial charge in [-0.1, -0.05) is 25.3 Å². The van der Waals surface area contributed by atoms with E-state index < -0.39 is 12.7 Å². The molecule has 1 aliphatic heterocycles. The van der Waals surface area contributed by atoms with Gasteiger partial charge in [-0.3, -0.25) is 9.59 Å². The second-order valence-electron chi connectivity index (χ2n) is 7.93. The average Bonchev–Trinajstić information content (AvgIpc) is 3.23. The Morgan fingerprint density at radius 3 is 2.60 bits per heavy atom. The standard InChI is InChI=1S/C22H30F2N2O4/c1-29-18-10-9-15(14-19(18)30-22(23)24)11-12-25-20(27)17-8-5-13-26(17)21(28)16-6-3-2-4-7-16/h9-10,14,16-17,22H,2-8,11-13H2,1H3,(H,25,27). The number of hydrogen-bond acceptors (Lipinski definition) is 4. The molecule has 30 heavy (non-hydrogen) atoms. The third-order valence-electron chi connectivity index (χ3n) is 5.95. The zero-order valence-corrected chi connectivity index (χ0v) is 17.4. The summed E-state index contributed by atoms with van der Waals surface area (Å²) in [6.07, 6.45) is 7.17. The number of methoxy groups -OCH3 is 1. The number of amides is 2. The van der Waals surface area contributed by atoms with E-state index in [0.29, 0.717) is 25.9 Å². The normalized spacial score (nSPS) is 19.7. The van der Waals surface area contributed by atoms with Gasteiger partial charge in [0.1, 0.15) is 6.04 Å². The van der Waals surface area contributed by atoms with Gasteiger partial charge in [-0.2, -0.15) is 8.78 Å². The Hall–Kier alpha value is -2.38. The number of nitrogens with zero attached hydrogens (tertiary/aromatic N) is 1. The van der Waals surface area contributed by atoms with Crippen molar-refractivity contribution in [3.05, 3.63) is 23.8 Å². The summed E-state index contributed by atoms with van der Waals surface area (Å²) in [5.74, 6) is 0.229. The number of rotatable bonds is 8. The van der Waals surface area contributed by atoms with E-state index >= 15 is 0 Å². The molecule has 1 saturated carbocycles. The average molecular weight is 424 g/mol. The minimum atomic E-state index is -2.94. The van der Waals surface area contributed by atoms with Gasteiger partial charge in [0.05, 0.1) is 7.11 Å². The lowest BCUT2D eigenvalue weighted by Crippen LogP contribution is -2.48. The molecule has 166 valence electrons. The molecule has 0 bridgehead atoms. The van der Waals surface area contributed by atoms with Crippen molar-refractivity contribution in [3.63, 3.8) is 0 Å². The van der Waals surface area contributed by atoms with Crippen molar-refractivity contribution in [3.8, 4) is 11.5 Å². The van der Waals surface area contributed by atoms with Gasteiger partial charge < -0.3 is 19.7 Å². The van der Waals surface area contributed by atoms with E-state index in [1.54, 1.807) is 17.0 Å². The first-order chi connectivity index (χ1) is 14.5. The molecular formula is C22H30F2N2O4. The molecule has 0 spiro atoms. The van der Waals surface area contributed by atoms with E-state index in [4.69, 9.17) is 4.74 Å². The zero-order chi connectivity index (χ0) is 21.5. The molecule has 1 saturated heterocycles. The number of benzene rings is 1. The topological polar surface area (TPSA) is 67.9 Å². The largest absolute Gasteiger partial charge is 0.493 e. The van der Waals surface area contributed by atoms with Gasteiger partial charge in [-0.05, 0) is 49.8 Å². The maximum Gasteiger partial charge on any atom is 0.387 e. The van der Waals surface area contributed by atoms with Crippen molar-refractivity contribution in [2.75, 3.05) is 20.2 Å². The fraction of sp³-hybridized carbons (Fsp3) is 0.636. The number of carbonyl (C=O) groups is 2. The van der Waals surface area contributed by atoms with Crippen LogP contribution in [0.5, 0.6) is 11.5 Å². The number of halogens is 2. The number of ether oxygens (including phenoxy) is 2. The third kappa shape index (κ3) is 5.61. The highest BCUT2D eigenvalue weighted by molar-refractivity contribution is 5.89. The summed E-state index contributed by atoms with van der Waals surface area (Å²) < 4.78 is 34.7. The molecule has 0 radical (unpaired) electrons. The lowest BCUT2D eigenvalue weighted by Gasteiger charge is -2.30. The first-order valence-corrected chi connectivity index (χ1v) is 10.7. The maximum absolute atomic E-state index is 12.9. The molecule has 1 aromatic rings. The van der Waals surface area contributed by atoms with E-state index in [0.717, 1.165) is 37.7 Å². The zero-order valence-electron chi connectivity index (χ0n) is 17.4. The molecule has 1 heterocycles. The van der Waals surface area contributed by atoms with Crippen molar-refractivity contribution in [2.45, 2.75) is 64.0 Å². The highest BCUT2D eigenvalue weighted by atomic mass is 19.3. The molecular weight excluding hydrogens is 394 g/mol. The summed E-state index contributed by atoms with van der Waals surface area (Å²) in [5.41, 5.74) is 0.744. The van der Waals surface area contributed by atoms with Crippen molar-refractivity contribution in [1.82, 2.24) is 10.2 Å². The fourth-order valence-corrected chi connectivity index (χ4v) is 4.40. The molecule has 8 heteroatoms. The maximum atomic E-state index is 12.9. The van der Waals surface area contributed by atoms with Crippen molar-refractivity contribution in [1.29, 1.82) is 0 Å². The van der Waals surface area contributed by atoms with Crippen molar-refractivity contribution >= 4 is 11.8 Å². The van der Waals surface area contributed by atoms with Gasteiger partial charge in [0, 0.05) is 19.0 Å². The Morgan fingerprint density at radius 2 is 1.90 bits per heavy atom. The van der Waals surface area contributed by atoms with Crippen LogP contribution in [0.1, 0.15) is 50.5 Å². The molecule has 2 fully saturated rings. The van der Waals surface area contributed by atoms with Crippen LogP contribution in [-0.2, 0) is 16.0 Å². The number of nitrogens with one attached hydrogen (secondary N) is 1. The van der Waals surface area contributed by atoms with Crippen LogP contribution in [0.4, 0.5) is 8.78 Å². The molecule has 3 rings (SSSR count). The predicted octanol–water partition coefficient (Wildman–Crippen LogP) is 3.53. The van der Waals surface area contributed by atoms with E-state index in [2.05, 4.69) is 10.1 Å². The summed E-state index contributed by atoms with van der Waals surface area (Å²) in [6.45, 7) is -1.95. The van der Waals surface area contributed by atoms with Crippen LogP contribution in [0.25, 0.3) is 0 Å². The van der Waals surface area contributed by atoms with Crippen LogP contribution in [0.3, 0.4) is 0 Å². The quantitative estimate of drug-likeness (QED) is 0.693. The second kappa shape index (κ2) is 10.6. The highest BCUT2D eigenvalue weighted by Gasteiger charge is 2.37. The number of hydrogen-bond donors (Lipinski definition) is 1. The SMILES string of the molecule is COc1ccc(CCNC(=O)C2CCCN2C(=O)C2CCCCC2)cc1OC(F)F. The molecule has 1 aliphatic carbocycles. The summed E-state index contributed by atoms with van der Waals surface area (Å²) in [5, 5.41) is 2.90. The number of likely N-dealkylation sites (tertiary alicyclic amines) is 1. The molecule has 1 atom stereocenters. The Labute approximate surface area is 175 Å².